The van der Waals surface area contributed by atoms with Gasteiger partial charge in [0.2, 0.25) is 11.6 Å². The van der Waals surface area contributed by atoms with Crippen LogP contribution in [-0.2, 0) is 6.54 Å². The highest BCUT2D eigenvalue weighted by Gasteiger charge is 2.18. The monoisotopic (exact) mass is 479 g/mol. The van der Waals surface area contributed by atoms with E-state index in [0.717, 1.165) is 11.0 Å². The molecule has 3 heterocycles. The molecular weight excluding hydrogens is 471 g/mol. The van der Waals surface area contributed by atoms with Crippen LogP contribution in [0.4, 0.5) is 8.78 Å². The van der Waals surface area contributed by atoms with E-state index in [1.54, 1.807) is 6.07 Å². The second-order valence-corrected chi connectivity index (χ2v) is 7.06. The van der Waals surface area contributed by atoms with E-state index in [0.29, 0.717) is 5.39 Å². The number of alkyl halides is 2. The minimum absolute atomic E-state index is 0.0191. The summed E-state index contributed by atoms with van der Waals surface area (Å²) in [6.45, 7) is -0.554. The minimum atomic E-state index is -2.58. The lowest BCUT2D eigenvalue weighted by atomic mass is 10.3. The van der Waals surface area contributed by atoms with Gasteiger partial charge in [-0.2, -0.15) is 9.94 Å². The molecule has 14 heteroatoms. The Morgan fingerprint density at radius 1 is 1.22 bits per heavy atom. The van der Waals surface area contributed by atoms with Crippen LogP contribution in [0.25, 0.3) is 16.7 Å². The van der Waals surface area contributed by atoms with Gasteiger partial charge in [-0.15, -0.1) is 5.10 Å². The van der Waals surface area contributed by atoms with Gasteiger partial charge in [0, 0.05) is 6.20 Å². The summed E-state index contributed by atoms with van der Waals surface area (Å²) < 4.78 is 33.2. The normalized spacial score (nSPS) is 11.1. The van der Waals surface area contributed by atoms with Crippen molar-refractivity contribution in [2.75, 3.05) is 0 Å². The standard InChI is InChI=1S/C18H9Cl2F2N7O3/c19-10-3-8(29-18(31)26-16(30)12(5-23)27-29)4-11(20)14(10)32-17-9-1-2-28(6-13(21)22)15(9)24-7-25-17/h1-4,7,13H,6H2,(H,26,30,31). The van der Waals surface area contributed by atoms with Gasteiger partial charge in [-0.3, -0.25) is 9.78 Å². The summed E-state index contributed by atoms with van der Waals surface area (Å²) in [5.74, 6) is -0.0117. The number of aromatic amines is 1. The maximum atomic E-state index is 12.8. The molecule has 0 saturated heterocycles. The van der Waals surface area contributed by atoms with E-state index in [-0.39, 0.29) is 33.0 Å². The number of benzene rings is 1. The third-order valence-electron chi connectivity index (χ3n) is 4.21. The first-order chi connectivity index (χ1) is 15.3. The Hall–Kier alpha value is -3.82. The van der Waals surface area contributed by atoms with Crippen LogP contribution < -0.4 is 16.0 Å². The van der Waals surface area contributed by atoms with Crippen molar-refractivity contribution in [3.63, 3.8) is 0 Å². The number of fused-ring (bicyclic) bond motifs is 1. The van der Waals surface area contributed by atoms with E-state index < -0.39 is 29.9 Å². The third-order valence-corrected chi connectivity index (χ3v) is 4.78. The second-order valence-electron chi connectivity index (χ2n) is 6.25. The second kappa shape index (κ2) is 8.37. The number of nitrogens with zero attached hydrogens (tertiary/aromatic N) is 6. The molecule has 0 unspecified atom stereocenters. The number of rotatable bonds is 5. The molecule has 0 bridgehead atoms. The summed E-state index contributed by atoms with van der Waals surface area (Å²) in [5, 5.41) is 12.9. The number of hydrogen-bond donors (Lipinski definition) is 1. The molecule has 0 amide bonds. The van der Waals surface area contributed by atoms with Crippen LogP contribution in [0.15, 0.2) is 40.3 Å². The quantitative estimate of drug-likeness (QED) is 0.465. The van der Waals surface area contributed by atoms with Crippen molar-refractivity contribution < 1.29 is 13.5 Å². The SMILES string of the molecule is N#Cc1nn(-c2cc(Cl)c(Oc3ncnc4c3ccn4CC(F)F)c(Cl)c2)c(=O)[nH]c1=O. The Morgan fingerprint density at radius 3 is 2.59 bits per heavy atom. The Bertz CT molecular complexity index is 1480. The molecule has 4 rings (SSSR count). The lowest BCUT2D eigenvalue weighted by Gasteiger charge is -2.12. The van der Waals surface area contributed by atoms with Gasteiger partial charge in [-0.25, -0.2) is 23.5 Å². The van der Waals surface area contributed by atoms with Gasteiger partial charge >= 0.3 is 5.69 Å². The zero-order valence-corrected chi connectivity index (χ0v) is 17.1. The molecule has 0 fully saturated rings. The maximum absolute atomic E-state index is 12.8. The van der Waals surface area contributed by atoms with E-state index in [1.165, 1.54) is 29.0 Å². The van der Waals surface area contributed by atoms with Crippen LogP contribution in [0.2, 0.25) is 10.0 Å². The van der Waals surface area contributed by atoms with E-state index in [9.17, 15) is 18.4 Å². The minimum Gasteiger partial charge on any atom is -0.435 e. The van der Waals surface area contributed by atoms with Crippen LogP contribution in [0.1, 0.15) is 5.69 Å². The summed E-state index contributed by atoms with van der Waals surface area (Å²) in [4.78, 5) is 33.6. The Kier molecular flexibility index (Phi) is 5.60. The van der Waals surface area contributed by atoms with Gasteiger partial charge in [-0.05, 0) is 18.2 Å². The smallest absolute Gasteiger partial charge is 0.349 e. The highest BCUT2D eigenvalue weighted by molar-refractivity contribution is 6.37. The van der Waals surface area contributed by atoms with E-state index in [1.807, 2.05) is 4.98 Å². The number of ether oxygens (including phenoxy) is 1. The molecule has 0 aliphatic rings. The molecule has 0 spiro atoms. The van der Waals surface area contributed by atoms with Gasteiger partial charge in [0.25, 0.3) is 12.0 Å². The molecule has 1 N–H and O–H groups in total. The topological polar surface area (TPSA) is 131 Å². The molecule has 32 heavy (non-hydrogen) atoms. The average molecular weight is 480 g/mol. The third kappa shape index (κ3) is 3.91. The molecule has 0 aliphatic carbocycles. The molecule has 10 nitrogen and oxygen atoms in total. The fourth-order valence-corrected chi connectivity index (χ4v) is 3.42. The highest BCUT2D eigenvalue weighted by atomic mass is 35.5. The van der Waals surface area contributed by atoms with Gasteiger partial charge in [0.15, 0.2) is 5.75 Å². The first-order valence-corrected chi connectivity index (χ1v) is 9.43. The van der Waals surface area contributed by atoms with E-state index in [4.69, 9.17) is 33.2 Å². The van der Waals surface area contributed by atoms with Gasteiger partial charge in [0.05, 0.1) is 27.7 Å². The van der Waals surface area contributed by atoms with Crippen LogP contribution >= 0.6 is 23.2 Å². The molecule has 1 aromatic carbocycles. The number of halogens is 4. The maximum Gasteiger partial charge on any atom is 0.349 e. The number of H-pyrrole nitrogens is 1. The molecule has 0 saturated carbocycles. The molecule has 162 valence electrons. The zero-order chi connectivity index (χ0) is 23.0. The Balaban J connectivity index is 1.75. The van der Waals surface area contributed by atoms with Crippen molar-refractivity contribution in [2.24, 2.45) is 0 Å². The number of nitriles is 1. The molecule has 0 atom stereocenters. The van der Waals surface area contributed by atoms with Crippen LogP contribution in [-0.4, -0.2) is 35.7 Å². The van der Waals surface area contributed by atoms with Crippen molar-refractivity contribution in [2.45, 2.75) is 13.0 Å². The predicted octanol–water partition coefficient (Wildman–Crippen LogP) is 2.90. The number of hydrogen-bond acceptors (Lipinski definition) is 7. The summed E-state index contributed by atoms with van der Waals surface area (Å²) in [6, 6.07) is 5.63. The van der Waals surface area contributed by atoms with Gasteiger partial charge < -0.3 is 9.30 Å². The molecule has 0 aliphatic heterocycles. The average Bonchev–Trinajstić information content (AvgIpc) is 3.13. The fraction of sp³-hybridized carbons (Fsp3) is 0.111. The Morgan fingerprint density at radius 2 is 1.94 bits per heavy atom. The highest BCUT2D eigenvalue weighted by Crippen LogP contribution is 2.39. The van der Waals surface area contributed by atoms with E-state index >= 15 is 0 Å². The first kappa shape index (κ1) is 21.4. The van der Waals surface area contributed by atoms with Crippen molar-refractivity contribution in [3.8, 4) is 23.4 Å². The van der Waals surface area contributed by atoms with Crippen molar-refractivity contribution in [1.29, 1.82) is 5.26 Å². The number of nitrogens with one attached hydrogen (secondary N) is 1. The lowest BCUT2D eigenvalue weighted by Crippen LogP contribution is -2.33. The molecule has 4 aromatic rings. The van der Waals surface area contributed by atoms with Crippen molar-refractivity contribution in [3.05, 3.63) is 67.3 Å². The van der Waals surface area contributed by atoms with E-state index in [2.05, 4.69) is 15.1 Å². The van der Waals surface area contributed by atoms with Crippen LogP contribution in [0.5, 0.6) is 11.6 Å². The number of aromatic nitrogens is 6. The summed E-state index contributed by atoms with van der Waals surface area (Å²) in [6.07, 6.45) is -0.0118. The Labute approximate surface area is 186 Å². The van der Waals surface area contributed by atoms with Crippen LogP contribution in [0.3, 0.4) is 0 Å². The lowest BCUT2D eigenvalue weighted by molar-refractivity contribution is 0.128. The summed E-state index contributed by atoms with van der Waals surface area (Å²) in [5.41, 5.74) is -2.09. The molecule has 0 radical (unpaired) electrons. The van der Waals surface area contributed by atoms with Gasteiger partial charge in [0.1, 0.15) is 18.0 Å². The predicted molar refractivity (Wildman–Crippen MR) is 109 cm³/mol. The first-order valence-electron chi connectivity index (χ1n) is 8.67. The zero-order valence-electron chi connectivity index (χ0n) is 15.6. The molecule has 3 aromatic heterocycles. The van der Waals surface area contributed by atoms with Crippen LogP contribution in [0, 0.1) is 11.3 Å². The largest absolute Gasteiger partial charge is 0.435 e. The summed E-state index contributed by atoms with van der Waals surface area (Å²) in [7, 11) is 0. The fourth-order valence-electron chi connectivity index (χ4n) is 2.87. The summed E-state index contributed by atoms with van der Waals surface area (Å²) >= 11 is 12.6. The van der Waals surface area contributed by atoms with Crippen molar-refractivity contribution in [1.82, 2.24) is 29.3 Å². The molecular formula is C18H9Cl2F2N7O3. The van der Waals surface area contributed by atoms with Gasteiger partial charge in [-0.1, -0.05) is 23.2 Å². The van der Waals surface area contributed by atoms with Crippen molar-refractivity contribution >= 4 is 34.2 Å².